The van der Waals surface area contributed by atoms with Gasteiger partial charge < -0.3 is 5.73 Å². The monoisotopic (exact) mass is 429 g/mol. The van der Waals surface area contributed by atoms with Gasteiger partial charge in [-0.05, 0) is 36.4 Å². The van der Waals surface area contributed by atoms with E-state index >= 15 is 0 Å². The summed E-state index contributed by atoms with van der Waals surface area (Å²) in [5.74, 6) is -5.04. The number of imidazole rings is 1. The van der Waals surface area contributed by atoms with E-state index in [-0.39, 0.29) is 33.3 Å². The fourth-order valence-corrected chi connectivity index (χ4v) is 3.36. The van der Waals surface area contributed by atoms with Crippen molar-refractivity contribution in [3.05, 3.63) is 99.6 Å². The Morgan fingerprint density at radius 1 is 0.867 bits per heavy atom. The number of nitrogens with two attached hydrogens (primary N) is 1. The molecule has 2 aromatic heterocycles. The third kappa shape index (κ3) is 3.11. The molecule has 0 unspecified atom stereocenters. The molecule has 4 rings (SSSR count). The van der Waals surface area contributed by atoms with Gasteiger partial charge in [0.1, 0.15) is 28.8 Å². The van der Waals surface area contributed by atoms with Gasteiger partial charge >= 0.3 is 0 Å². The van der Waals surface area contributed by atoms with Crippen LogP contribution in [0.4, 0.5) is 19.0 Å². The highest BCUT2D eigenvalue weighted by Gasteiger charge is 2.26. The maximum absolute atomic E-state index is 14.1. The molecule has 2 heterocycles. The molecule has 150 valence electrons. The third-order valence-corrected chi connectivity index (χ3v) is 4.82. The maximum atomic E-state index is 14.1. The minimum atomic E-state index is -1.07. The summed E-state index contributed by atoms with van der Waals surface area (Å²) >= 11 is 5.96. The second-order valence-electron chi connectivity index (χ2n) is 6.34. The van der Waals surface area contributed by atoms with Crippen molar-refractivity contribution in [1.29, 1.82) is 0 Å². The largest absolute Gasteiger partial charge is 0.382 e. The standard InChI is InChI=1S/C21H11ClF3N3O2/c22-11-3-1-4-12(23)16(11)19(29)10-7-8-15-27-21(26)18(28(15)9-10)20(30)17-13(24)5-2-6-14(17)25/h1-9H,26H2. The van der Waals surface area contributed by atoms with Crippen molar-refractivity contribution in [3.63, 3.8) is 0 Å². The van der Waals surface area contributed by atoms with E-state index < -0.39 is 34.6 Å². The number of benzene rings is 2. The Kier molecular flexibility index (Phi) is 4.79. The van der Waals surface area contributed by atoms with E-state index in [1.807, 2.05) is 0 Å². The van der Waals surface area contributed by atoms with Crippen LogP contribution in [0, 0.1) is 17.5 Å². The van der Waals surface area contributed by atoms with Gasteiger partial charge in [-0.3, -0.25) is 14.0 Å². The first-order valence-electron chi connectivity index (χ1n) is 8.54. The topological polar surface area (TPSA) is 77.5 Å². The lowest BCUT2D eigenvalue weighted by Crippen LogP contribution is -2.13. The highest BCUT2D eigenvalue weighted by molar-refractivity contribution is 6.35. The molecule has 0 spiro atoms. The number of nitrogen functional groups attached to an aromatic ring is 1. The zero-order valence-corrected chi connectivity index (χ0v) is 15.8. The Morgan fingerprint density at radius 3 is 2.10 bits per heavy atom. The van der Waals surface area contributed by atoms with Crippen LogP contribution in [0.3, 0.4) is 0 Å². The smallest absolute Gasteiger partial charge is 0.219 e. The summed E-state index contributed by atoms with van der Waals surface area (Å²) in [6, 6.07) is 9.51. The van der Waals surface area contributed by atoms with Gasteiger partial charge in [0.2, 0.25) is 5.78 Å². The molecule has 0 amide bonds. The molecular weight excluding hydrogens is 419 g/mol. The van der Waals surface area contributed by atoms with E-state index in [4.69, 9.17) is 17.3 Å². The number of ketones is 2. The molecule has 2 aromatic carbocycles. The van der Waals surface area contributed by atoms with Gasteiger partial charge in [0, 0.05) is 11.8 Å². The van der Waals surface area contributed by atoms with Gasteiger partial charge in [0.05, 0.1) is 16.1 Å². The molecular formula is C21H11ClF3N3O2. The van der Waals surface area contributed by atoms with Crippen molar-refractivity contribution < 1.29 is 22.8 Å². The van der Waals surface area contributed by atoms with Crippen molar-refractivity contribution in [2.24, 2.45) is 0 Å². The highest BCUT2D eigenvalue weighted by Crippen LogP contribution is 2.26. The number of nitrogens with zero attached hydrogens (tertiary/aromatic N) is 2. The molecule has 0 bridgehead atoms. The number of pyridine rings is 1. The van der Waals surface area contributed by atoms with Crippen LogP contribution < -0.4 is 5.73 Å². The van der Waals surface area contributed by atoms with Gasteiger partial charge in [0.25, 0.3) is 0 Å². The van der Waals surface area contributed by atoms with Gasteiger partial charge in [-0.1, -0.05) is 23.7 Å². The van der Waals surface area contributed by atoms with Crippen molar-refractivity contribution in [3.8, 4) is 0 Å². The summed E-state index contributed by atoms with van der Waals surface area (Å²) in [5, 5.41) is -0.0880. The molecule has 0 radical (unpaired) electrons. The molecule has 0 aliphatic rings. The molecule has 0 saturated heterocycles. The van der Waals surface area contributed by atoms with Crippen molar-refractivity contribution in [1.82, 2.24) is 9.38 Å². The first kappa shape index (κ1) is 19.7. The molecule has 4 aromatic rings. The van der Waals surface area contributed by atoms with Crippen LogP contribution in [-0.2, 0) is 0 Å². The van der Waals surface area contributed by atoms with Crippen LogP contribution in [-0.4, -0.2) is 21.0 Å². The number of halogens is 4. The van der Waals surface area contributed by atoms with Crippen LogP contribution >= 0.6 is 11.6 Å². The molecule has 0 saturated carbocycles. The number of rotatable bonds is 4. The molecule has 30 heavy (non-hydrogen) atoms. The van der Waals surface area contributed by atoms with Gasteiger partial charge in [-0.15, -0.1) is 0 Å². The number of hydrogen-bond donors (Lipinski definition) is 1. The van der Waals surface area contributed by atoms with E-state index in [1.54, 1.807) is 0 Å². The zero-order chi connectivity index (χ0) is 21.6. The lowest BCUT2D eigenvalue weighted by atomic mass is 10.0. The SMILES string of the molecule is Nc1nc2ccc(C(=O)c3c(F)cccc3Cl)cn2c1C(=O)c1c(F)cccc1F. The van der Waals surface area contributed by atoms with Crippen molar-refractivity contribution in [2.45, 2.75) is 0 Å². The average Bonchev–Trinajstić information content (AvgIpc) is 3.02. The first-order chi connectivity index (χ1) is 14.3. The number of hydrogen-bond acceptors (Lipinski definition) is 4. The molecule has 5 nitrogen and oxygen atoms in total. The minimum absolute atomic E-state index is 0.0324. The minimum Gasteiger partial charge on any atom is -0.382 e. The second-order valence-corrected chi connectivity index (χ2v) is 6.75. The first-order valence-corrected chi connectivity index (χ1v) is 8.92. The van der Waals surface area contributed by atoms with Crippen LogP contribution in [0.2, 0.25) is 5.02 Å². The molecule has 0 fully saturated rings. The molecule has 0 aliphatic carbocycles. The predicted octanol–water partition coefficient (Wildman–Crippen LogP) is 4.45. The van der Waals surface area contributed by atoms with Crippen molar-refractivity contribution >= 4 is 34.6 Å². The third-order valence-electron chi connectivity index (χ3n) is 4.50. The Balaban J connectivity index is 1.89. The van der Waals surface area contributed by atoms with Crippen LogP contribution in [0.15, 0.2) is 54.7 Å². The van der Waals surface area contributed by atoms with Gasteiger partial charge in [-0.2, -0.15) is 0 Å². The summed E-state index contributed by atoms with van der Waals surface area (Å²) in [6.07, 6.45) is 1.19. The quantitative estimate of drug-likeness (QED) is 0.486. The van der Waals surface area contributed by atoms with E-state index in [0.717, 1.165) is 28.7 Å². The number of carbonyl (C=O) groups is 2. The Morgan fingerprint density at radius 2 is 1.47 bits per heavy atom. The summed E-state index contributed by atoms with van der Waals surface area (Å²) < 4.78 is 43.5. The Hall–Kier alpha value is -3.65. The molecule has 2 N–H and O–H groups in total. The summed E-state index contributed by atoms with van der Waals surface area (Å²) in [5.41, 5.74) is 4.45. The fraction of sp³-hybridized carbons (Fsp3) is 0. The second kappa shape index (κ2) is 7.31. The van der Waals surface area contributed by atoms with E-state index in [0.29, 0.717) is 0 Å². The molecule has 0 atom stereocenters. The van der Waals surface area contributed by atoms with Crippen LogP contribution in [0.5, 0.6) is 0 Å². The number of carbonyl (C=O) groups excluding carboxylic acids is 2. The maximum Gasteiger partial charge on any atom is 0.219 e. The fourth-order valence-electron chi connectivity index (χ4n) is 3.12. The van der Waals surface area contributed by atoms with Gasteiger partial charge in [0.15, 0.2) is 11.6 Å². The van der Waals surface area contributed by atoms with Crippen molar-refractivity contribution in [2.75, 3.05) is 5.73 Å². The van der Waals surface area contributed by atoms with Gasteiger partial charge in [-0.25, -0.2) is 18.2 Å². The number of aromatic nitrogens is 2. The predicted molar refractivity (Wildman–Crippen MR) is 104 cm³/mol. The summed E-state index contributed by atoms with van der Waals surface area (Å²) in [6.45, 7) is 0. The number of fused-ring (bicyclic) bond motifs is 1. The van der Waals surface area contributed by atoms with E-state index in [1.165, 1.54) is 30.5 Å². The average molecular weight is 430 g/mol. The molecule has 9 heteroatoms. The van der Waals surface area contributed by atoms with E-state index in [9.17, 15) is 22.8 Å². The van der Waals surface area contributed by atoms with Crippen LogP contribution in [0.25, 0.3) is 5.65 Å². The Bertz CT molecular complexity index is 1310. The lowest BCUT2D eigenvalue weighted by molar-refractivity contribution is 0.101. The summed E-state index contributed by atoms with van der Waals surface area (Å²) in [4.78, 5) is 29.7. The number of anilines is 1. The van der Waals surface area contributed by atoms with Crippen LogP contribution in [0.1, 0.15) is 32.0 Å². The normalized spacial score (nSPS) is 11.1. The molecule has 0 aliphatic heterocycles. The van der Waals surface area contributed by atoms with E-state index in [2.05, 4.69) is 4.98 Å². The highest BCUT2D eigenvalue weighted by atomic mass is 35.5. The Labute approximate surface area is 172 Å². The zero-order valence-electron chi connectivity index (χ0n) is 15.0. The lowest BCUT2D eigenvalue weighted by Gasteiger charge is -2.08. The summed E-state index contributed by atoms with van der Waals surface area (Å²) in [7, 11) is 0.